The van der Waals surface area contributed by atoms with Gasteiger partial charge in [0.25, 0.3) is 0 Å². The van der Waals surface area contributed by atoms with Gasteiger partial charge in [0.2, 0.25) is 5.13 Å². The standard InChI is InChI=1S/C20H20ClN3O2S/c1-13(2)26-19-9-8-14(10-16(19)21)11-22-24-20-23-17(12-27-20)15-6-4-5-7-18(15)25-3/h4-13H,1-3H3,(H,23,24)/b22-11-. The summed E-state index contributed by atoms with van der Waals surface area (Å²) in [5, 5.41) is 7.45. The van der Waals surface area contributed by atoms with Crippen LogP contribution in [-0.4, -0.2) is 24.4 Å². The molecule has 0 unspecified atom stereocenters. The zero-order valence-electron chi connectivity index (χ0n) is 15.3. The molecule has 0 saturated carbocycles. The van der Waals surface area contributed by atoms with Gasteiger partial charge in [-0.3, -0.25) is 5.43 Å². The predicted molar refractivity (Wildman–Crippen MR) is 113 cm³/mol. The van der Waals surface area contributed by atoms with E-state index in [0.29, 0.717) is 15.9 Å². The van der Waals surface area contributed by atoms with Gasteiger partial charge in [-0.25, -0.2) is 4.98 Å². The van der Waals surface area contributed by atoms with Gasteiger partial charge in [-0.2, -0.15) is 5.10 Å². The van der Waals surface area contributed by atoms with Crippen molar-refractivity contribution in [2.45, 2.75) is 20.0 Å². The molecule has 0 spiro atoms. The number of thiazole rings is 1. The van der Waals surface area contributed by atoms with Gasteiger partial charge in [0.1, 0.15) is 11.5 Å². The molecule has 27 heavy (non-hydrogen) atoms. The minimum absolute atomic E-state index is 0.0750. The number of rotatable bonds is 7. The van der Waals surface area contributed by atoms with Crippen LogP contribution >= 0.6 is 22.9 Å². The molecule has 3 aromatic rings. The Morgan fingerprint density at radius 3 is 2.74 bits per heavy atom. The van der Waals surface area contributed by atoms with Gasteiger partial charge < -0.3 is 9.47 Å². The Kier molecular flexibility index (Phi) is 6.32. The minimum atomic E-state index is 0.0750. The lowest BCUT2D eigenvalue weighted by molar-refractivity contribution is 0.242. The van der Waals surface area contributed by atoms with Crippen LogP contribution in [0.2, 0.25) is 5.02 Å². The molecule has 0 radical (unpaired) electrons. The molecular formula is C20H20ClN3O2S. The van der Waals surface area contributed by atoms with Gasteiger partial charge in [-0.15, -0.1) is 11.3 Å². The van der Waals surface area contributed by atoms with E-state index >= 15 is 0 Å². The summed E-state index contributed by atoms with van der Waals surface area (Å²) in [5.41, 5.74) is 5.60. The van der Waals surface area contributed by atoms with Crippen molar-refractivity contribution < 1.29 is 9.47 Å². The Hall–Kier alpha value is -2.57. The number of para-hydroxylation sites is 1. The van der Waals surface area contributed by atoms with E-state index in [4.69, 9.17) is 21.1 Å². The second-order valence-electron chi connectivity index (χ2n) is 5.96. The zero-order valence-corrected chi connectivity index (χ0v) is 16.8. The molecule has 1 aromatic heterocycles. The van der Waals surface area contributed by atoms with Crippen molar-refractivity contribution in [3.63, 3.8) is 0 Å². The normalized spacial score (nSPS) is 11.1. The summed E-state index contributed by atoms with van der Waals surface area (Å²) in [6, 6.07) is 13.3. The predicted octanol–water partition coefficient (Wildman–Crippen LogP) is 5.71. The van der Waals surface area contributed by atoms with Gasteiger partial charge in [-0.1, -0.05) is 23.7 Å². The smallest absolute Gasteiger partial charge is 0.203 e. The van der Waals surface area contributed by atoms with Crippen molar-refractivity contribution in [2.75, 3.05) is 12.5 Å². The van der Waals surface area contributed by atoms with Gasteiger partial charge in [-0.05, 0) is 49.7 Å². The molecule has 7 heteroatoms. The summed E-state index contributed by atoms with van der Waals surface area (Å²) in [6.45, 7) is 3.92. The van der Waals surface area contributed by atoms with E-state index < -0.39 is 0 Å². The van der Waals surface area contributed by atoms with E-state index in [1.54, 1.807) is 13.3 Å². The molecule has 2 aromatic carbocycles. The first kappa shape index (κ1) is 19.2. The number of anilines is 1. The van der Waals surface area contributed by atoms with E-state index in [1.807, 2.05) is 61.7 Å². The number of hydrazone groups is 1. The number of methoxy groups -OCH3 is 1. The lowest BCUT2D eigenvalue weighted by atomic mass is 10.1. The molecule has 0 aliphatic heterocycles. The van der Waals surface area contributed by atoms with Crippen molar-refractivity contribution in [1.29, 1.82) is 0 Å². The fourth-order valence-electron chi connectivity index (χ4n) is 2.41. The first-order valence-corrected chi connectivity index (χ1v) is 9.67. The molecule has 1 heterocycles. The van der Waals surface area contributed by atoms with Gasteiger partial charge in [0.05, 0.1) is 30.1 Å². The molecule has 0 atom stereocenters. The Labute approximate surface area is 167 Å². The number of halogens is 1. The van der Waals surface area contributed by atoms with Crippen LogP contribution in [0.15, 0.2) is 52.9 Å². The molecule has 1 N–H and O–H groups in total. The largest absolute Gasteiger partial charge is 0.496 e. The molecule has 140 valence electrons. The van der Waals surface area contributed by atoms with Gasteiger partial charge >= 0.3 is 0 Å². The molecule has 0 bridgehead atoms. The van der Waals surface area contributed by atoms with E-state index in [1.165, 1.54) is 11.3 Å². The summed E-state index contributed by atoms with van der Waals surface area (Å²) >= 11 is 7.71. The third-order valence-corrected chi connectivity index (χ3v) is 4.62. The number of aromatic nitrogens is 1. The maximum Gasteiger partial charge on any atom is 0.203 e. The second kappa shape index (κ2) is 8.88. The third-order valence-electron chi connectivity index (χ3n) is 3.58. The number of nitrogens with one attached hydrogen (secondary N) is 1. The van der Waals surface area contributed by atoms with Gasteiger partial charge in [0.15, 0.2) is 0 Å². The van der Waals surface area contributed by atoms with Crippen LogP contribution in [0.25, 0.3) is 11.3 Å². The van der Waals surface area contributed by atoms with E-state index in [0.717, 1.165) is 22.6 Å². The maximum atomic E-state index is 6.24. The van der Waals surface area contributed by atoms with Crippen LogP contribution in [-0.2, 0) is 0 Å². The summed E-state index contributed by atoms with van der Waals surface area (Å²) < 4.78 is 11.0. The fraction of sp³-hybridized carbons (Fsp3) is 0.200. The van der Waals surface area contributed by atoms with Crippen molar-refractivity contribution in [3.05, 3.63) is 58.4 Å². The highest BCUT2D eigenvalue weighted by Crippen LogP contribution is 2.32. The molecule has 0 aliphatic rings. The number of ether oxygens (including phenoxy) is 2. The van der Waals surface area contributed by atoms with Crippen LogP contribution in [0.4, 0.5) is 5.13 Å². The molecule has 0 aliphatic carbocycles. The van der Waals surface area contributed by atoms with E-state index in [2.05, 4.69) is 15.5 Å². The molecule has 5 nitrogen and oxygen atoms in total. The Morgan fingerprint density at radius 2 is 2.00 bits per heavy atom. The van der Waals surface area contributed by atoms with Crippen molar-refractivity contribution in [2.24, 2.45) is 5.10 Å². The minimum Gasteiger partial charge on any atom is -0.496 e. The number of benzene rings is 2. The Bertz CT molecular complexity index is 940. The third kappa shape index (κ3) is 4.99. The monoisotopic (exact) mass is 401 g/mol. The molecule has 3 rings (SSSR count). The Morgan fingerprint density at radius 1 is 1.19 bits per heavy atom. The van der Waals surface area contributed by atoms with Crippen LogP contribution in [0.3, 0.4) is 0 Å². The molecule has 0 saturated heterocycles. The highest BCUT2D eigenvalue weighted by atomic mass is 35.5. The maximum absolute atomic E-state index is 6.24. The van der Waals surface area contributed by atoms with E-state index in [9.17, 15) is 0 Å². The topological polar surface area (TPSA) is 55.7 Å². The van der Waals surface area contributed by atoms with Crippen LogP contribution in [0.1, 0.15) is 19.4 Å². The van der Waals surface area contributed by atoms with Crippen molar-refractivity contribution in [3.8, 4) is 22.8 Å². The highest BCUT2D eigenvalue weighted by molar-refractivity contribution is 7.14. The number of hydrogen-bond donors (Lipinski definition) is 1. The van der Waals surface area contributed by atoms with Crippen molar-refractivity contribution >= 4 is 34.3 Å². The lowest BCUT2D eigenvalue weighted by Crippen LogP contribution is -2.05. The summed E-state index contributed by atoms with van der Waals surface area (Å²) in [6.07, 6.45) is 1.76. The summed E-state index contributed by atoms with van der Waals surface area (Å²) in [7, 11) is 1.65. The summed E-state index contributed by atoms with van der Waals surface area (Å²) in [4.78, 5) is 4.55. The highest BCUT2D eigenvalue weighted by Gasteiger charge is 2.09. The fourth-order valence-corrected chi connectivity index (χ4v) is 3.31. The lowest BCUT2D eigenvalue weighted by Gasteiger charge is -2.11. The Balaban J connectivity index is 1.67. The molecule has 0 fully saturated rings. The molecular weight excluding hydrogens is 382 g/mol. The second-order valence-corrected chi connectivity index (χ2v) is 7.23. The summed E-state index contributed by atoms with van der Waals surface area (Å²) in [5.74, 6) is 1.45. The molecule has 0 amide bonds. The average Bonchev–Trinajstić information content (AvgIpc) is 3.12. The van der Waals surface area contributed by atoms with Crippen LogP contribution in [0.5, 0.6) is 11.5 Å². The number of hydrogen-bond acceptors (Lipinski definition) is 6. The van der Waals surface area contributed by atoms with Crippen LogP contribution in [0, 0.1) is 0 Å². The number of nitrogens with zero attached hydrogens (tertiary/aromatic N) is 2. The van der Waals surface area contributed by atoms with E-state index in [-0.39, 0.29) is 6.10 Å². The van der Waals surface area contributed by atoms with Crippen LogP contribution < -0.4 is 14.9 Å². The van der Waals surface area contributed by atoms with Crippen molar-refractivity contribution in [1.82, 2.24) is 4.98 Å². The first-order chi connectivity index (χ1) is 13.1. The first-order valence-electron chi connectivity index (χ1n) is 8.41. The SMILES string of the molecule is COc1ccccc1-c1csc(N/N=C\c2ccc(OC(C)C)c(Cl)c2)n1. The zero-order chi connectivity index (χ0) is 19.2. The van der Waals surface area contributed by atoms with Gasteiger partial charge in [0, 0.05) is 10.9 Å². The average molecular weight is 402 g/mol. The quantitative estimate of drug-likeness (QED) is 0.407.